The first-order chi connectivity index (χ1) is 16.2. The maximum absolute atomic E-state index is 11.4. The van der Waals surface area contributed by atoms with Gasteiger partial charge < -0.3 is 20.4 Å². The number of allylic oxidation sites excluding steroid dienone is 2. The van der Waals surface area contributed by atoms with Gasteiger partial charge in [-0.1, -0.05) is 36.4 Å². The van der Waals surface area contributed by atoms with Crippen LogP contribution in [0.4, 0.5) is 0 Å². The lowest BCUT2D eigenvalue weighted by atomic mass is 10.1. The van der Waals surface area contributed by atoms with Crippen molar-refractivity contribution in [3.8, 4) is 11.5 Å². The Morgan fingerprint density at radius 3 is 1.44 bits per heavy atom. The molecule has 0 radical (unpaired) electrons. The van der Waals surface area contributed by atoms with Crippen LogP contribution >= 0.6 is 0 Å². The van der Waals surface area contributed by atoms with Crippen molar-refractivity contribution in [2.45, 2.75) is 25.9 Å². The molecule has 0 aromatic heterocycles. The first-order valence-corrected chi connectivity index (χ1v) is 10.9. The van der Waals surface area contributed by atoms with E-state index in [1.165, 1.54) is 0 Å². The Morgan fingerprint density at radius 1 is 0.735 bits per heavy atom. The topological polar surface area (TPSA) is 122 Å². The van der Waals surface area contributed by atoms with Crippen LogP contribution in [0.25, 0.3) is 0 Å². The van der Waals surface area contributed by atoms with Crippen LogP contribution in [-0.2, 0) is 35.5 Å². The second-order valence-electron chi connectivity index (χ2n) is 8.12. The van der Waals surface area contributed by atoms with Gasteiger partial charge >= 0.3 is 11.9 Å². The molecule has 0 spiro atoms. The van der Waals surface area contributed by atoms with Gasteiger partial charge in [-0.2, -0.15) is 0 Å². The van der Waals surface area contributed by atoms with E-state index < -0.39 is 11.9 Å². The molecule has 0 aliphatic carbocycles. The predicted molar refractivity (Wildman–Crippen MR) is 130 cm³/mol. The number of carboxylic acids is 2. The molecule has 4 N–H and O–H groups in total. The molecule has 8 heteroatoms. The fourth-order valence-corrected chi connectivity index (χ4v) is 3.69. The van der Waals surface area contributed by atoms with E-state index in [4.69, 9.17) is 0 Å². The standard InChI is InChI=1S/C26H32N2O6/c1-3-5-19-7-9-23(29)21(13-19)15-27(17-25(31)32)11-12-28(18-26(33)34)16-22-14-20(6-4-2)8-10-24(22)30/h3-4,7-10,13-14,29-30H,1-2,5-6,11-12,15-18H2,(H,31,32)(H,33,34). The first-order valence-electron chi connectivity index (χ1n) is 10.9. The molecule has 0 unspecified atom stereocenters. The second-order valence-corrected chi connectivity index (χ2v) is 8.12. The van der Waals surface area contributed by atoms with Crippen LogP contribution in [-0.4, -0.2) is 68.3 Å². The Hall–Kier alpha value is -3.62. The van der Waals surface area contributed by atoms with Crippen molar-refractivity contribution in [3.63, 3.8) is 0 Å². The van der Waals surface area contributed by atoms with Crippen molar-refractivity contribution in [1.82, 2.24) is 9.80 Å². The fraction of sp³-hybridized carbons (Fsp3) is 0.308. The lowest BCUT2D eigenvalue weighted by Crippen LogP contribution is -2.39. The van der Waals surface area contributed by atoms with Gasteiger partial charge in [-0.15, -0.1) is 13.2 Å². The van der Waals surface area contributed by atoms with E-state index in [0.29, 0.717) is 24.0 Å². The highest BCUT2D eigenvalue weighted by molar-refractivity contribution is 5.69. The highest BCUT2D eigenvalue weighted by Crippen LogP contribution is 2.23. The molecule has 0 fully saturated rings. The number of rotatable bonds is 15. The Kier molecular flexibility index (Phi) is 10.3. The van der Waals surface area contributed by atoms with Crippen LogP contribution in [0.1, 0.15) is 22.3 Å². The number of benzene rings is 2. The van der Waals surface area contributed by atoms with Crippen molar-refractivity contribution < 1.29 is 30.0 Å². The lowest BCUT2D eigenvalue weighted by Gasteiger charge is -2.26. The number of hydrogen-bond acceptors (Lipinski definition) is 6. The molecule has 0 aliphatic rings. The molecule has 2 rings (SSSR count). The molecular weight excluding hydrogens is 436 g/mol. The van der Waals surface area contributed by atoms with Crippen molar-refractivity contribution in [2.75, 3.05) is 26.2 Å². The van der Waals surface area contributed by atoms with E-state index >= 15 is 0 Å². The molecule has 34 heavy (non-hydrogen) atoms. The van der Waals surface area contributed by atoms with E-state index in [9.17, 15) is 30.0 Å². The highest BCUT2D eigenvalue weighted by Gasteiger charge is 2.18. The molecule has 0 aliphatic heterocycles. The maximum atomic E-state index is 11.4. The highest BCUT2D eigenvalue weighted by atomic mass is 16.4. The molecule has 2 aromatic rings. The van der Waals surface area contributed by atoms with Gasteiger partial charge in [-0.3, -0.25) is 19.4 Å². The summed E-state index contributed by atoms with van der Waals surface area (Å²) in [6.45, 7) is 7.74. The molecule has 8 nitrogen and oxygen atoms in total. The molecule has 0 saturated carbocycles. The van der Waals surface area contributed by atoms with Crippen molar-refractivity contribution in [3.05, 3.63) is 84.0 Å². The molecular formula is C26H32N2O6. The average molecular weight is 469 g/mol. The van der Waals surface area contributed by atoms with Gasteiger partial charge in [0.15, 0.2) is 0 Å². The van der Waals surface area contributed by atoms with Crippen LogP contribution in [0.2, 0.25) is 0 Å². The molecule has 0 atom stereocenters. The third-order valence-electron chi connectivity index (χ3n) is 5.29. The summed E-state index contributed by atoms with van der Waals surface area (Å²) in [6.07, 6.45) is 4.73. The van der Waals surface area contributed by atoms with E-state index in [1.807, 2.05) is 12.1 Å². The number of carbonyl (C=O) groups is 2. The van der Waals surface area contributed by atoms with Crippen LogP contribution < -0.4 is 0 Å². The van der Waals surface area contributed by atoms with Gasteiger partial charge in [0.1, 0.15) is 11.5 Å². The van der Waals surface area contributed by atoms with Gasteiger partial charge in [-0.25, -0.2) is 0 Å². The minimum absolute atomic E-state index is 0.0644. The van der Waals surface area contributed by atoms with Gasteiger partial charge in [-0.05, 0) is 36.1 Å². The van der Waals surface area contributed by atoms with Crippen molar-refractivity contribution in [2.24, 2.45) is 0 Å². The largest absolute Gasteiger partial charge is 0.508 e. The Balaban J connectivity index is 2.18. The number of phenolic OH excluding ortho intramolecular Hbond substituents is 2. The van der Waals surface area contributed by atoms with Crippen molar-refractivity contribution >= 4 is 11.9 Å². The number of aliphatic carboxylic acids is 2. The SMILES string of the molecule is C=CCc1ccc(O)c(CN(CCN(CC(=O)O)Cc2cc(CC=C)ccc2O)CC(=O)O)c1. The van der Waals surface area contributed by atoms with Crippen LogP contribution in [0.3, 0.4) is 0 Å². The molecule has 182 valence electrons. The summed E-state index contributed by atoms with van der Waals surface area (Å²) in [5.74, 6) is -1.92. The summed E-state index contributed by atoms with van der Waals surface area (Å²) in [5.41, 5.74) is 3.06. The average Bonchev–Trinajstić information content (AvgIpc) is 2.76. The number of hydrogen-bond donors (Lipinski definition) is 4. The maximum Gasteiger partial charge on any atom is 0.317 e. The van der Waals surface area contributed by atoms with Gasteiger partial charge in [0.25, 0.3) is 0 Å². The number of carboxylic acid groups (broad SMARTS) is 2. The Labute approximate surface area is 199 Å². The first kappa shape index (κ1) is 26.6. The molecule has 0 heterocycles. The second kappa shape index (κ2) is 13.2. The monoisotopic (exact) mass is 468 g/mol. The van der Waals surface area contributed by atoms with Gasteiger partial charge in [0, 0.05) is 37.3 Å². The molecule has 0 bridgehead atoms. The number of nitrogens with zero attached hydrogens (tertiary/aromatic N) is 2. The zero-order chi connectivity index (χ0) is 25.1. The predicted octanol–water partition coefficient (Wildman–Crippen LogP) is 3.03. The molecule has 2 aromatic carbocycles. The van der Waals surface area contributed by atoms with E-state index in [-0.39, 0.29) is 50.8 Å². The quantitative estimate of drug-likeness (QED) is 0.294. The Bertz CT molecular complexity index is 939. The minimum atomic E-state index is -1.03. The van der Waals surface area contributed by atoms with Gasteiger partial charge in [0.2, 0.25) is 0 Å². The summed E-state index contributed by atoms with van der Waals surface area (Å²) in [6, 6.07) is 10.3. The third-order valence-corrected chi connectivity index (χ3v) is 5.29. The fourth-order valence-electron chi connectivity index (χ4n) is 3.69. The number of phenols is 2. The summed E-state index contributed by atoms with van der Waals surface area (Å²) >= 11 is 0. The van der Waals surface area contributed by atoms with Crippen LogP contribution in [0.5, 0.6) is 11.5 Å². The number of aromatic hydroxyl groups is 2. The normalized spacial score (nSPS) is 11.0. The summed E-state index contributed by atoms with van der Waals surface area (Å²) < 4.78 is 0. The van der Waals surface area contributed by atoms with Crippen LogP contribution in [0, 0.1) is 0 Å². The summed E-state index contributed by atoms with van der Waals surface area (Å²) in [5, 5.41) is 39.2. The van der Waals surface area contributed by atoms with E-state index in [0.717, 1.165) is 11.1 Å². The lowest BCUT2D eigenvalue weighted by molar-refractivity contribution is -0.140. The smallest absolute Gasteiger partial charge is 0.317 e. The summed E-state index contributed by atoms with van der Waals surface area (Å²) in [4.78, 5) is 26.2. The minimum Gasteiger partial charge on any atom is -0.508 e. The van der Waals surface area contributed by atoms with Gasteiger partial charge in [0.05, 0.1) is 13.1 Å². The van der Waals surface area contributed by atoms with Crippen molar-refractivity contribution in [1.29, 1.82) is 0 Å². The summed E-state index contributed by atoms with van der Waals surface area (Å²) in [7, 11) is 0. The third kappa shape index (κ3) is 8.73. The zero-order valence-electron chi connectivity index (χ0n) is 19.2. The zero-order valence-corrected chi connectivity index (χ0v) is 19.2. The van der Waals surface area contributed by atoms with E-state index in [2.05, 4.69) is 13.2 Å². The molecule has 0 saturated heterocycles. The van der Waals surface area contributed by atoms with Crippen LogP contribution in [0.15, 0.2) is 61.7 Å². The van der Waals surface area contributed by atoms with E-state index in [1.54, 1.807) is 46.2 Å². The molecule has 0 amide bonds. The Morgan fingerprint density at radius 2 is 1.12 bits per heavy atom.